The van der Waals surface area contributed by atoms with Crippen LogP contribution in [0, 0.1) is 11.3 Å². The van der Waals surface area contributed by atoms with Gasteiger partial charge in [-0.05, 0) is 37.5 Å². The molecular formula is C14H17ClN2O. The maximum Gasteiger partial charge on any atom is 0.0949 e. The molecule has 0 bridgehead atoms. The molecule has 0 aromatic heterocycles. The Morgan fingerprint density at radius 2 is 1.89 bits per heavy atom. The second-order valence-corrected chi connectivity index (χ2v) is 5.32. The quantitative estimate of drug-likeness (QED) is 0.893. The summed E-state index contributed by atoms with van der Waals surface area (Å²) in [5.41, 5.74) is 0.132. The van der Waals surface area contributed by atoms with Crippen LogP contribution in [0.25, 0.3) is 0 Å². The van der Waals surface area contributed by atoms with Gasteiger partial charge in [0.1, 0.15) is 0 Å². The zero-order valence-corrected chi connectivity index (χ0v) is 11.2. The van der Waals surface area contributed by atoms with E-state index in [2.05, 4.69) is 11.0 Å². The molecule has 1 heterocycles. The van der Waals surface area contributed by atoms with Gasteiger partial charge in [-0.15, -0.1) is 0 Å². The Hall–Kier alpha value is -1.08. The van der Waals surface area contributed by atoms with Crippen LogP contribution in [0.4, 0.5) is 0 Å². The molecule has 0 saturated carbocycles. The Bertz CT molecular complexity index is 444. The molecule has 1 aliphatic heterocycles. The smallest absolute Gasteiger partial charge is 0.0949 e. The molecule has 0 spiro atoms. The van der Waals surface area contributed by atoms with Crippen molar-refractivity contribution in [3.8, 4) is 6.07 Å². The number of nitriles is 1. The highest BCUT2D eigenvalue weighted by molar-refractivity contribution is 6.30. The molecule has 0 aliphatic carbocycles. The zero-order chi connectivity index (χ0) is 13.2. The Morgan fingerprint density at radius 1 is 1.33 bits per heavy atom. The highest BCUT2D eigenvalue weighted by Gasteiger charge is 2.35. The first kappa shape index (κ1) is 13.4. The number of hydrogen-bond donors (Lipinski definition) is 1. The lowest BCUT2D eigenvalue weighted by Crippen LogP contribution is -2.45. The molecule has 18 heavy (non-hydrogen) atoms. The van der Waals surface area contributed by atoms with E-state index in [1.807, 2.05) is 19.1 Å². The molecule has 1 unspecified atom stereocenters. The summed E-state index contributed by atoms with van der Waals surface area (Å²) >= 11 is 5.85. The lowest BCUT2D eigenvalue weighted by Gasteiger charge is -2.39. The highest BCUT2D eigenvalue weighted by Crippen LogP contribution is 2.33. The minimum atomic E-state index is -0.781. The lowest BCUT2D eigenvalue weighted by atomic mass is 9.84. The van der Waals surface area contributed by atoms with Gasteiger partial charge in [0, 0.05) is 18.1 Å². The Kier molecular flexibility index (Phi) is 3.91. The van der Waals surface area contributed by atoms with Crippen LogP contribution in [-0.2, 0) is 5.60 Å². The maximum absolute atomic E-state index is 10.7. The summed E-state index contributed by atoms with van der Waals surface area (Å²) in [4.78, 5) is 2.10. The van der Waals surface area contributed by atoms with E-state index in [9.17, 15) is 5.11 Å². The molecule has 1 fully saturated rings. The Balaban J connectivity index is 2.07. The molecule has 4 heteroatoms. The van der Waals surface area contributed by atoms with Gasteiger partial charge in [0.2, 0.25) is 0 Å². The highest BCUT2D eigenvalue weighted by atomic mass is 35.5. The summed E-state index contributed by atoms with van der Waals surface area (Å²) in [6, 6.07) is 9.52. The predicted molar refractivity (Wildman–Crippen MR) is 71.2 cm³/mol. The van der Waals surface area contributed by atoms with Gasteiger partial charge in [0.25, 0.3) is 0 Å². The molecule has 1 aliphatic rings. The lowest BCUT2D eigenvalue weighted by molar-refractivity contribution is -0.0295. The summed E-state index contributed by atoms with van der Waals surface area (Å²) in [6.07, 6.45) is 1.31. The summed E-state index contributed by atoms with van der Waals surface area (Å²) in [5.74, 6) is 0. The molecule has 2 rings (SSSR count). The number of aliphatic hydroxyl groups is 1. The molecule has 1 atom stereocenters. The van der Waals surface area contributed by atoms with E-state index in [1.54, 1.807) is 12.1 Å². The first-order valence-electron chi connectivity index (χ1n) is 6.17. The second-order valence-electron chi connectivity index (χ2n) is 4.88. The van der Waals surface area contributed by atoms with Crippen molar-refractivity contribution in [2.75, 3.05) is 13.1 Å². The van der Waals surface area contributed by atoms with E-state index in [0.717, 1.165) is 18.7 Å². The number of likely N-dealkylation sites (tertiary alicyclic amines) is 1. The van der Waals surface area contributed by atoms with Crippen LogP contribution < -0.4 is 0 Å². The largest absolute Gasteiger partial charge is 0.385 e. The van der Waals surface area contributed by atoms with E-state index in [1.165, 1.54) is 0 Å². The molecular weight excluding hydrogens is 248 g/mol. The van der Waals surface area contributed by atoms with E-state index < -0.39 is 5.60 Å². The fourth-order valence-corrected chi connectivity index (χ4v) is 2.54. The molecule has 0 amide bonds. The average molecular weight is 265 g/mol. The first-order valence-corrected chi connectivity index (χ1v) is 6.55. The van der Waals surface area contributed by atoms with Gasteiger partial charge < -0.3 is 5.11 Å². The SMILES string of the molecule is CC(C#N)N1CCC(O)(c2ccc(Cl)cc2)CC1. The van der Waals surface area contributed by atoms with E-state index in [-0.39, 0.29) is 6.04 Å². The van der Waals surface area contributed by atoms with Crippen LogP contribution in [0.1, 0.15) is 25.3 Å². The van der Waals surface area contributed by atoms with Gasteiger partial charge in [-0.3, -0.25) is 4.90 Å². The van der Waals surface area contributed by atoms with Crippen molar-refractivity contribution in [3.05, 3.63) is 34.9 Å². The molecule has 3 nitrogen and oxygen atoms in total. The molecule has 1 aromatic rings. The van der Waals surface area contributed by atoms with Crippen LogP contribution in [0.2, 0.25) is 5.02 Å². The summed E-state index contributed by atoms with van der Waals surface area (Å²) < 4.78 is 0. The van der Waals surface area contributed by atoms with Crippen LogP contribution in [0.15, 0.2) is 24.3 Å². The van der Waals surface area contributed by atoms with Crippen molar-refractivity contribution in [2.24, 2.45) is 0 Å². The molecule has 96 valence electrons. The number of hydrogen-bond acceptors (Lipinski definition) is 3. The number of rotatable bonds is 2. The van der Waals surface area contributed by atoms with Gasteiger partial charge in [0.05, 0.1) is 17.7 Å². The van der Waals surface area contributed by atoms with Gasteiger partial charge in [0.15, 0.2) is 0 Å². The second kappa shape index (κ2) is 5.27. The Labute approximate surface area is 113 Å². The Morgan fingerprint density at radius 3 is 2.39 bits per heavy atom. The fraction of sp³-hybridized carbons (Fsp3) is 0.500. The van der Waals surface area contributed by atoms with Crippen molar-refractivity contribution in [1.82, 2.24) is 4.90 Å². The van der Waals surface area contributed by atoms with Gasteiger partial charge in [-0.25, -0.2) is 0 Å². The first-order chi connectivity index (χ1) is 8.55. The minimum Gasteiger partial charge on any atom is -0.385 e. The number of nitrogens with zero attached hydrogens (tertiary/aromatic N) is 2. The molecule has 1 saturated heterocycles. The third-order valence-electron chi connectivity index (χ3n) is 3.74. The van der Waals surface area contributed by atoms with Crippen LogP contribution in [0.5, 0.6) is 0 Å². The van der Waals surface area contributed by atoms with Crippen molar-refractivity contribution >= 4 is 11.6 Å². The predicted octanol–water partition coefficient (Wildman–Crippen LogP) is 2.54. The third-order valence-corrected chi connectivity index (χ3v) is 3.99. The van der Waals surface area contributed by atoms with Gasteiger partial charge >= 0.3 is 0 Å². The van der Waals surface area contributed by atoms with Crippen molar-refractivity contribution in [3.63, 3.8) is 0 Å². The van der Waals surface area contributed by atoms with Crippen LogP contribution >= 0.6 is 11.6 Å². The summed E-state index contributed by atoms with van der Waals surface area (Å²) in [5, 5.41) is 20.2. The van der Waals surface area contributed by atoms with Gasteiger partial charge in [-0.1, -0.05) is 23.7 Å². The molecule has 1 N–H and O–H groups in total. The monoisotopic (exact) mass is 264 g/mol. The number of halogens is 1. The van der Waals surface area contributed by atoms with Crippen molar-refractivity contribution in [1.29, 1.82) is 5.26 Å². The standard InChI is InChI=1S/C14H17ClN2O/c1-11(10-16)17-8-6-14(18,7-9-17)12-2-4-13(15)5-3-12/h2-5,11,18H,6-9H2,1H3. The fourth-order valence-electron chi connectivity index (χ4n) is 2.41. The van der Waals surface area contributed by atoms with Gasteiger partial charge in [-0.2, -0.15) is 5.26 Å². The number of piperidine rings is 1. The third kappa shape index (κ3) is 2.67. The van der Waals surface area contributed by atoms with Crippen LogP contribution in [0.3, 0.4) is 0 Å². The number of benzene rings is 1. The molecule has 0 radical (unpaired) electrons. The van der Waals surface area contributed by atoms with Crippen molar-refractivity contribution < 1.29 is 5.11 Å². The topological polar surface area (TPSA) is 47.3 Å². The van der Waals surface area contributed by atoms with E-state index >= 15 is 0 Å². The maximum atomic E-state index is 10.7. The average Bonchev–Trinajstić information content (AvgIpc) is 2.39. The molecule has 1 aromatic carbocycles. The van der Waals surface area contributed by atoms with Crippen molar-refractivity contribution in [2.45, 2.75) is 31.4 Å². The summed E-state index contributed by atoms with van der Waals surface area (Å²) in [7, 11) is 0. The zero-order valence-electron chi connectivity index (χ0n) is 10.4. The van der Waals surface area contributed by atoms with Crippen LogP contribution in [-0.4, -0.2) is 29.1 Å². The van der Waals surface area contributed by atoms with E-state index in [4.69, 9.17) is 16.9 Å². The minimum absolute atomic E-state index is 0.0835. The summed E-state index contributed by atoms with van der Waals surface area (Å²) in [6.45, 7) is 3.38. The normalized spacial score (nSPS) is 21.2. The van der Waals surface area contributed by atoms with E-state index in [0.29, 0.717) is 17.9 Å².